The highest BCUT2D eigenvalue weighted by Gasteiger charge is 2.36. The van der Waals surface area contributed by atoms with E-state index in [0.29, 0.717) is 6.54 Å². The van der Waals surface area contributed by atoms with Gasteiger partial charge in [0.15, 0.2) is 6.10 Å². The zero-order chi connectivity index (χ0) is 22.1. The van der Waals surface area contributed by atoms with E-state index in [0.717, 1.165) is 30.4 Å². The van der Waals surface area contributed by atoms with Gasteiger partial charge >= 0.3 is 5.97 Å². The second kappa shape index (κ2) is 11.3. The van der Waals surface area contributed by atoms with E-state index < -0.39 is 17.7 Å². The monoisotopic (exact) mass is 411 g/mol. The zero-order valence-electron chi connectivity index (χ0n) is 19.0. The maximum Gasteiger partial charge on any atom is 0.337 e. The highest BCUT2D eigenvalue weighted by Crippen LogP contribution is 2.29. The fraction of sp³-hybridized carbons (Fsp3) is 0.500. The molecule has 2 rings (SSSR count). The first-order valence-corrected chi connectivity index (χ1v) is 11.0. The van der Waals surface area contributed by atoms with Crippen LogP contribution in [0.5, 0.6) is 0 Å². The summed E-state index contributed by atoms with van der Waals surface area (Å²) in [6, 6.07) is 20.1. The molecule has 0 aromatic heterocycles. The summed E-state index contributed by atoms with van der Waals surface area (Å²) in [5.41, 5.74) is 1.67. The van der Waals surface area contributed by atoms with Gasteiger partial charge in [-0.05, 0) is 45.2 Å². The highest BCUT2D eigenvalue weighted by molar-refractivity contribution is 5.75. The number of esters is 1. The Morgan fingerprint density at radius 1 is 1.03 bits per heavy atom. The van der Waals surface area contributed by atoms with Crippen LogP contribution in [0.4, 0.5) is 0 Å². The van der Waals surface area contributed by atoms with Crippen molar-refractivity contribution in [2.24, 2.45) is 0 Å². The molecule has 3 atom stereocenters. The molecule has 0 fully saturated rings. The Morgan fingerprint density at radius 3 is 2.13 bits per heavy atom. The second-order valence-corrected chi connectivity index (χ2v) is 8.93. The Morgan fingerprint density at radius 2 is 1.60 bits per heavy atom. The van der Waals surface area contributed by atoms with E-state index >= 15 is 0 Å². The summed E-state index contributed by atoms with van der Waals surface area (Å²) in [7, 11) is 0. The number of nitrogens with zero attached hydrogens (tertiary/aromatic N) is 1. The van der Waals surface area contributed by atoms with Crippen LogP contribution in [0.25, 0.3) is 0 Å². The van der Waals surface area contributed by atoms with Crippen molar-refractivity contribution in [2.45, 2.75) is 84.2 Å². The average molecular weight is 412 g/mol. The van der Waals surface area contributed by atoms with Crippen molar-refractivity contribution >= 4 is 5.97 Å². The van der Waals surface area contributed by atoms with Crippen LogP contribution < -0.4 is 0 Å². The van der Waals surface area contributed by atoms with Crippen LogP contribution in [0.2, 0.25) is 0 Å². The maximum atomic E-state index is 12.8. The molecule has 0 aliphatic rings. The second-order valence-electron chi connectivity index (χ2n) is 8.93. The van der Waals surface area contributed by atoms with Crippen molar-refractivity contribution in [2.75, 3.05) is 0 Å². The fourth-order valence-corrected chi connectivity index (χ4v) is 3.70. The van der Waals surface area contributed by atoms with Gasteiger partial charge in [-0.15, -0.1) is 0 Å². The first-order valence-electron chi connectivity index (χ1n) is 11.0. The quantitative estimate of drug-likeness (QED) is 0.524. The van der Waals surface area contributed by atoms with Gasteiger partial charge in [-0.2, -0.15) is 0 Å². The Labute approximate surface area is 181 Å². The minimum atomic E-state index is -1.20. The number of hydrogen-bond donors (Lipinski definition) is 1. The van der Waals surface area contributed by atoms with Gasteiger partial charge in [0.2, 0.25) is 0 Å². The molecule has 0 radical (unpaired) electrons. The van der Waals surface area contributed by atoms with E-state index in [2.05, 4.69) is 43.0 Å². The van der Waals surface area contributed by atoms with Gasteiger partial charge in [0, 0.05) is 18.6 Å². The number of hydrogen-bond acceptors (Lipinski definition) is 4. The summed E-state index contributed by atoms with van der Waals surface area (Å²) in [5, 5.41) is 11.1. The third-order valence-electron chi connectivity index (χ3n) is 5.28. The molecular weight excluding hydrogens is 374 g/mol. The summed E-state index contributed by atoms with van der Waals surface area (Å²) >= 11 is 0. The number of carbonyl (C=O) groups excluding carboxylic acids is 1. The van der Waals surface area contributed by atoms with Gasteiger partial charge in [-0.3, -0.25) is 4.90 Å². The van der Waals surface area contributed by atoms with E-state index in [1.807, 2.05) is 57.2 Å². The molecule has 2 aromatic carbocycles. The van der Waals surface area contributed by atoms with Gasteiger partial charge in [-0.25, -0.2) is 4.79 Å². The molecule has 164 valence electrons. The predicted molar refractivity (Wildman–Crippen MR) is 122 cm³/mol. The van der Waals surface area contributed by atoms with E-state index in [9.17, 15) is 9.90 Å². The first kappa shape index (κ1) is 24.1. The van der Waals surface area contributed by atoms with E-state index in [1.165, 1.54) is 0 Å². The van der Waals surface area contributed by atoms with Crippen molar-refractivity contribution < 1.29 is 14.6 Å². The third-order valence-corrected chi connectivity index (χ3v) is 5.28. The lowest BCUT2D eigenvalue weighted by molar-refractivity contribution is -0.170. The molecule has 2 aromatic rings. The van der Waals surface area contributed by atoms with Crippen LogP contribution in [0.1, 0.15) is 71.0 Å². The van der Waals surface area contributed by atoms with Crippen molar-refractivity contribution in [3.8, 4) is 0 Å². The standard InChI is InChI=1S/C26H37NO3/c1-6-7-18-23(24(28)25(29)30-26(3,4)5)27(19-21-14-10-8-11-15-21)20(2)22-16-12-9-13-17-22/h8-17,20,23-24,28H,6-7,18-19H2,1-5H3/t20-,23-,24-/m0/s1. The molecule has 4 heteroatoms. The summed E-state index contributed by atoms with van der Waals surface area (Å²) in [5.74, 6) is -0.554. The molecule has 30 heavy (non-hydrogen) atoms. The number of unbranched alkanes of at least 4 members (excludes halogenated alkanes) is 1. The number of rotatable bonds is 10. The molecule has 0 saturated carbocycles. The fourth-order valence-electron chi connectivity index (χ4n) is 3.70. The Balaban J connectivity index is 2.38. The van der Waals surface area contributed by atoms with Crippen molar-refractivity contribution in [3.63, 3.8) is 0 Å². The van der Waals surface area contributed by atoms with Crippen LogP contribution in [0, 0.1) is 0 Å². The topological polar surface area (TPSA) is 49.8 Å². The van der Waals surface area contributed by atoms with E-state index in [-0.39, 0.29) is 12.1 Å². The zero-order valence-corrected chi connectivity index (χ0v) is 19.0. The molecule has 0 bridgehead atoms. The summed E-state index contributed by atoms with van der Waals surface area (Å²) < 4.78 is 5.53. The molecule has 0 spiro atoms. The molecule has 0 unspecified atom stereocenters. The van der Waals surface area contributed by atoms with E-state index in [4.69, 9.17) is 4.74 Å². The molecule has 0 heterocycles. The van der Waals surface area contributed by atoms with Crippen molar-refractivity contribution in [3.05, 3.63) is 71.8 Å². The third kappa shape index (κ3) is 7.26. The largest absolute Gasteiger partial charge is 0.458 e. The number of carbonyl (C=O) groups is 1. The molecule has 1 N–H and O–H groups in total. The summed E-state index contributed by atoms with van der Waals surface area (Å²) in [4.78, 5) is 15.0. The van der Waals surface area contributed by atoms with Gasteiger partial charge in [-0.1, -0.05) is 80.4 Å². The minimum absolute atomic E-state index is 0.0327. The van der Waals surface area contributed by atoms with Crippen molar-refractivity contribution in [1.82, 2.24) is 4.90 Å². The van der Waals surface area contributed by atoms with Crippen LogP contribution >= 0.6 is 0 Å². The van der Waals surface area contributed by atoms with Crippen LogP contribution in [0.3, 0.4) is 0 Å². The molecule has 0 saturated heterocycles. The summed E-state index contributed by atoms with van der Waals surface area (Å²) in [6.07, 6.45) is 1.44. The molecule has 0 aliphatic heterocycles. The van der Waals surface area contributed by atoms with Crippen molar-refractivity contribution in [1.29, 1.82) is 0 Å². The number of aliphatic hydroxyl groups is 1. The lowest BCUT2D eigenvalue weighted by atomic mass is 9.96. The van der Waals surface area contributed by atoms with E-state index in [1.54, 1.807) is 0 Å². The predicted octanol–water partition coefficient (Wildman–Crippen LogP) is 5.51. The SMILES string of the molecule is CCCC[C@@H]([C@H](O)C(=O)OC(C)(C)C)N(Cc1ccccc1)[C@@H](C)c1ccccc1. The Kier molecular flexibility index (Phi) is 9.07. The smallest absolute Gasteiger partial charge is 0.337 e. The lowest BCUT2D eigenvalue weighted by Gasteiger charge is -2.39. The first-order chi connectivity index (χ1) is 14.2. The Bertz CT molecular complexity index is 755. The Hall–Kier alpha value is -2.17. The number of benzene rings is 2. The maximum absolute atomic E-state index is 12.8. The normalized spacial score (nSPS) is 14.9. The number of aliphatic hydroxyl groups excluding tert-OH is 1. The molecule has 0 aliphatic carbocycles. The van der Waals surface area contributed by atoms with Gasteiger partial charge in [0.05, 0.1) is 0 Å². The van der Waals surface area contributed by atoms with Gasteiger partial charge < -0.3 is 9.84 Å². The van der Waals surface area contributed by atoms with Crippen LogP contribution in [-0.2, 0) is 16.1 Å². The van der Waals surface area contributed by atoms with Crippen LogP contribution in [-0.4, -0.2) is 33.7 Å². The molecule has 0 amide bonds. The molecule has 4 nitrogen and oxygen atoms in total. The van der Waals surface area contributed by atoms with Gasteiger partial charge in [0.25, 0.3) is 0 Å². The average Bonchev–Trinajstić information content (AvgIpc) is 2.72. The van der Waals surface area contributed by atoms with Crippen LogP contribution in [0.15, 0.2) is 60.7 Å². The minimum Gasteiger partial charge on any atom is -0.458 e. The lowest BCUT2D eigenvalue weighted by Crippen LogP contribution is -2.49. The number of ether oxygens (including phenoxy) is 1. The summed E-state index contributed by atoms with van der Waals surface area (Å²) in [6.45, 7) is 10.4. The highest BCUT2D eigenvalue weighted by atomic mass is 16.6. The van der Waals surface area contributed by atoms with Gasteiger partial charge in [0.1, 0.15) is 5.60 Å². The molecular formula is C26H37NO3.